The van der Waals surface area contributed by atoms with Crippen molar-refractivity contribution in [1.29, 1.82) is 0 Å². The molecule has 3 aromatic carbocycles. The van der Waals surface area contributed by atoms with E-state index in [2.05, 4.69) is 15.5 Å². The fourth-order valence-electron chi connectivity index (χ4n) is 2.97. The summed E-state index contributed by atoms with van der Waals surface area (Å²) >= 11 is 7.04. The van der Waals surface area contributed by atoms with Crippen LogP contribution in [0.1, 0.15) is 5.56 Å². The van der Waals surface area contributed by atoms with Crippen LogP contribution in [0.2, 0.25) is 5.02 Å². The molecule has 0 radical (unpaired) electrons. The molecule has 0 unspecified atom stereocenters. The number of halogens is 2. The molecule has 31 heavy (non-hydrogen) atoms. The number of carbonyl (C=O) groups excluding carboxylic acids is 1. The molecule has 0 saturated heterocycles. The Bertz CT molecular complexity index is 1210. The summed E-state index contributed by atoms with van der Waals surface area (Å²) in [4.78, 5) is 12.4. The van der Waals surface area contributed by atoms with Gasteiger partial charge in [-0.1, -0.05) is 71.4 Å². The van der Waals surface area contributed by atoms with E-state index < -0.39 is 5.82 Å². The van der Waals surface area contributed by atoms with Crippen LogP contribution in [0.25, 0.3) is 17.1 Å². The Morgan fingerprint density at radius 3 is 2.52 bits per heavy atom. The minimum atomic E-state index is -0.534. The van der Waals surface area contributed by atoms with Crippen molar-refractivity contribution in [2.75, 3.05) is 11.1 Å². The lowest BCUT2D eigenvalue weighted by molar-refractivity contribution is -0.113. The third-order valence-electron chi connectivity index (χ3n) is 4.49. The van der Waals surface area contributed by atoms with Gasteiger partial charge in [-0.3, -0.25) is 9.36 Å². The number of hydrogen-bond acceptors (Lipinski definition) is 4. The Balaban J connectivity index is 1.57. The maximum Gasteiger partial charge on any atom is 0.234 e. The van der Waals surface area contributed by atoms with Gasteiger partial charge in [-0.2, -0.15) is 0 Å². The standard InChI is InChI=1S/C23H18ClFN4OS/c1-15-7-10-18(11-8-15)29-22(16-5-3-2-4-6-16)27-28-23(29)31-14-21(30)26-17-9-12-20(25)19(24)13-17/h2-13H,14H2,1H3,(H,26,30). The zero-order valence-electron chi connectivity index (χ0n) is 16.5. The SMILES string of the molecule is Cc1ccc(-n2c(SCC(=O)Nc3ccc(F)c(Cl)c3)nnc2-c2ccccc2)cc1. The quantitative estimate of drug-likeness (QED) is 0.377. The van der Waals surface area contributed by atoms with Crippen molar-refractivity contribution in [1.82, 2.24) is 14.8 Å². The number of anilines is 1. The van der Waals surface area contributed by atoms with Gasteiger partial charge in [0.25, 0.3) is 0 Å². The number of rotatable bonds is 6. The molecule has 0 aliphatic carbocycles. The summed E-state index contributed by atoms with van der Waals surface area (Å²) in [6, 6.07) is 21.8. The molecule has 5 nitrogen and oxygen atoms in total. The van der Waals surface area contributed by atoms with Crippen LogP contribution < -0.4 is 5.32 Å². The van der Waals surface area contributed by atoms with Gasteiger partial charge in [0.2, 0.25) is 5.91 Å². The Labute approximate surface area is 188 Å². The fourth-order valence-corrected chi connectivity index (χ4v) is 3.90. The third kappa shape index (κ3) is 4.95. The lowest BCUT2D eigenvalue weighted by Crippen LogP contribution is -2.14. The maximum atomic E-state index is 13.3. The molecular formula is C23H18ClFN4OS. The van der Waals surface area contributed by atoms with Gasteiger partial charge in [-0.05, 0) is 37.3 Å². The molecule has 4 rings (SSSR count). The zero-order chi connectivity index (χ0) is 21.8. The van der Waals surface area contributed by atoms with Crippen molar-refractivity contribution < 1.29 is 9.18 Å². The van der Waals surface area contributed by atoms with Crippen LogP contribution in [0.3, 0.4) is 0 Å². The highest BCUT2D eigenvalue weighted by atomic mass is 35.5. The van der Waals surface area contributed by atoms with Gasteiger partial charge in [0.15, 0.2) is 11.0 Å². The molecule has 0 bridgehead atoms. The second-order valence-electron chi connectivity index (χ2n) is 6.81. The van der Waals surface area contributed by atoms with Crippen molar-refractivity contribution in [2.24, 2.45) is 0 Å². The second-order valence-corrected chi connectivity index (χ2v) is 8.16. The first-order valence-corrected chi connectivity index (χ1v) is 10.8. The predicted molar refractivity (Wildman–Crippen MR) is 122 cm³/mol. The van der Waals surface area contributed by atoms with Gasteiger partial charge in [-0.15, -0.1) is 10.2 Å². The van der Waals surface area contributed by atoms with E-state index >= 15 is 0 Å². The highest BCUT2D eigenvalue weighted by molar-refractivity contribution is 7.99. The number of benzene rings is 3. The van der Waals surface area contributed by atoms with E-state index in [1.807, 2.05) is 66.1 Å². The lowest BCUT2D eigenvalue weighted by Gasteiger charge is -2.11. The molecular weight excluding hydrogens is 435 g/mol. The smallest absolute Gasteiger partial charge is 0.234 e. The van der Waals surface area contributed by atoms with E-state index in [0.29, 0.717) is 16.7 Å². The van der Waals surface area contributed by atoms with E-state index in [4.69, 9.17) is 11.6 Å². The molecule has 1 aromatic heterocycles. The van der Waals surface area contributed by atoms with Crippen molar-refractivity contribution in [3.05, 3.63) is 89.2 Å². The molecule has 0 aliphatic heterocycles. The third-order valence-corrected chi connectivity index (χ3v) is 5.71. The number of aromatic nitrogens is 3. The van der Waals surface area contributed by atoms with Gasteiger partial charge in [-0.25, -0.2) is 4.39 Å². The van der Waals surface area contributed by atoms with Crippen LogP contribution in [0, 0.1) is 12.7 Å². The van der Waals surface area contributed by atoms with Gasteiger partial charge in [0.1, 0.15) is 5.82 Å². The summed E-state index contributed by atoms with van der Waals surface area (Å²) in [5, 5.41) is 12.0. The van der Waals surface area contributed by atoms with E-state index in [1.165, 1.54) is 30.0 Å². The molecule has 1 N–H and O–H groups in total. The van der Waals surface area contributed by atoms with E-state index in [1.54, 1.807) is 0 Å². The number of carbonyl (C=O) groups is 1. The van der Waals surface area contributed by atoms with E-state index in [9.17, 15) is 9.18 Å². The maximum absolute atomic E-state index is 13.3. The number of amides is 1. The fraction of sp³-hybridized carbons (Fsp3) is 0.0870. The Morgan fingerprint density at radius 1 is 1.06 bits per heavy atom. The molecule has 1 amide bonds. The first-order chi connectivity index (χ1) is 15.0. The van der Waals surface area contributed by atoms with Crippen molar-refractivity contribution >= 4 is 35.0 Å². The van der Waals surface area contributed by atoms with Gasteiger partial charge >= 0.3 is 0 Å². The van der Waals surface area contributed by atoms with E-state index in [-0.39, 0.29) is 16.7 Å². The number of aryl methyl sites for hydroxylation is 1. The van der Waals surface area contributed by atoms with Crippen molar-refractivity contribution in [3.8, 4) is 17.1 Å². The average Bonchev–Trinajstić information content (AvgIpc) is 3.20. The Hall–Kier alpha value is -3.16. The van der Waals surface area contributed by atoms with E-state index in [0.717, 1.165) is 16.8 Å². The molecule has 156 valence electrons. The van der Waals surface area contributed by atoms with Gasteiger partial charge < -0.3 is 5.32 Å². The van der Waals surface area contributed by atoms with Gasteiger partial charge in [0, 0.05) is 16.9 Å². The van der Waals surface area contributed by atoms with Crippen LogP contribution in [0.15, 0.2) is 78.0 Å². The summed E-state index contributed by atoms with van der Waals surface area (Å²) in [5.41, 5.74) is 3.40. The van der Waals surface area contributed by atoms with Crippen LogP contribution in [-0.4, -0.2) is 26.4 Å². The predicted octanol–water partition coefficient (Wildman–Crippen LogP) is 5.77. The molecule has 4 aromatic rings. The number of hydrogen-bond donors (Lipinski definition) is 1. The normalized spacial score (nSPS) is 10.8. The number of nitrogens with zero attached hydrogens (tertiary/aromatic N) is 3. The van der Waals surface area contributed by atoms with Crippen LogP contribution in [-0.2, 0) is 4.79 Å². The van der Waals surface area contributed by atoms with Crippen molar-refractivity contribution in [2.45, 2.75) is 12.1 Å². The molecule has 1 heterocycles. The minimum absolute atomic E-state index is 0.0444. The first kappa shape index (κ1) is 21.1. The van der Waals surface area contributed by atoms with Crippen LogP contribution >= 0.6 is 23.4 Å². The second kappa shape index (κ2) is 9.32. The molecule has 0 atom stereocenters. The highest BCUT2D eigenvalue weighted by Crippen LogP contribution is 2.28. The molecule has 0 aliphatic rings. The largest absolute Gasteiger partial charge is 0.325 e. The van der Waals surface area contributed by atoms with Crippen LogP contribution in [0.4, 0.5) is 10.1 Å². The lowest BCUT2D eigenvalue weighted by atomic mass is 10.2. The van der Waals surface area contributed by atoms with Gasteiger partial charge in [0.05, 0.1) is 10.8 Å². The van der Waals surface area contributed by atoms with Crippen molar-refractivity contribution in [3.63, 3.8) is 0 Å². The summed E-state index contributed by atoms with van der Waals surface area (Å²) in [5.74, 6) is 0.00656. The number of nitrogens with one attached hydrogen (secondary N) is 1. The summed E-state index contributed by atoms with van der Waals surface area (Å²) in [6.45, 7) is 2.02. The summed E-state index contributed by atoms with van der Waals surface area (Å²) in [6.07, 6.45) is 0. The Kier molecular flexibility index (Phi) is 6.34. The number of thioether (sulfide) groups is 1. The molecule has 0 saturated carbocycles. The monoisotopic (exact) mass is 452 g/mol. The zero-order valence-corrected chi connectivity index (χ0v) is 18.1. The molecule has 0 spiro atoms. The Morgan fingerprint density at radius 2 is 1.81 bits per heavy atom. The topological polar surface area (TPSA) is 59.8 Å². The summed E-state index contributed by atoms with van der Waals surface area (Å²) in [7, 11) is 0. The molecule has 0 fully saturated rings. The molecule has 8 heteroatoms. The average molecular weight is 453 g/mol. The first-order valence-electron chi connectivity index (χ1n) is 9.47. The minimum Gasteiger partial charge on any atom is -0.325 e. The highest BCUT2D eigenvalue weighted by Gasteiger charge is 2.17. The summed E-state index contributed by atoms with van der Waals surface area (Å²) < 4.78 is 15.2. The van der Waals surface area contributed by atoms with Crippen LogP contribution in [0.5, 0.6) is 0 Å².